The molecule has 0 bridgehead atoms. The largest absolute Gasteiger partial charge is 0.383 e. The van der Waals surface area contributed by atoms with Crippen molar-refractivity contribution >= 4 is 5.96 Å². The molecule has 0 heterocycles. The van der Waals surface area contributed by atoms with E-state index in [4.69, 9.17) is 4.74 Å². The number of nitrogens with one attached hydrogen (secondary N) is 2. The lowest BCUT2D eigenvalue weighted by molar-refractivity contribution is 0.179. The molecular formula is C17H29FN4O. The summed E-state index contributed by atoms with van der Waals surface area (Å²) in [6.07, 6.45) is 0. The van der Waals surface area contributed by atoms with Gasteiger partial charge in [-0.2, -0.15) is 0 Å². The van der Waals surface area contributed by atoms with Crippen molar-refractivity contribution in [2.24, 2.45) is 4.99 Å². The van der Waals surface area contributed by atoms with Gasteiger partial charge < -0.3 is 20.3 Å². The highest BCUT2D eigenvalue weighted by molar-refractivity contribution is 5.80. The van der Waals surface area contributed by atoms with Crippen LogP contribution >= 0.6 is 0 Å². The van der Waals surface area contributed by atoms with Crippen LogP contribution in [0, 0.1) is 5.82 Å². The van der Waals surface area contributed by atoms with Crippen LogP contribution in [0.5, 0.6) is 0 Å². The van der Waals surface area contributed by atoms with Crippen molar-refractivity contribution in [3.8, 4) is 0 Å². The highest BCUT2D eigenvalue weighted by atomic mass is 19.1. The molecule has 0 aliphatic rings. The van der Waals surface area contributed by atoms with Crippen LogP contribution in [0.1, 0.15) is 25.0 Å². The summed E-state index contributed by atoms with van der Waals surface area (Å²) in [4.78, 5) is 6.51. The summed E-state index contributed by atoms with van der Waals surface area (Å²) < 4.78 is 18.9. The second kappa shape index (κ2) is 10.2. The van der Waals surface area contributed by atoms with Crippen molar-refractivity contribution in [3.63, 3.8) is 0 Å². The number of hydrogen-bond acceptors (Lipinski definition) is 3. The van der Waals surface area contributed by atoms with Gasteiger partial charge in [0.2, 0.25) is 0 Å². The van der Waals surface area contributed by atoms with Crippen molar-refractivity contribution < 1.29 is 9.13 Å². The number of nitrogens with zero attached hydrogens (tertiary/aromatic N) is 2. The van der Waals surface area contributed by atoms with Crippen molar-refractivity contribution in [3.05, 3.63) is 35.1 Å². The maximum Gasteiger partial charge on any atom is 0.191 e. The molecule has 1 atom stereocenters. The van der Waals surface area contributed by atoms with Gasteiger partial charge in [0.1, 0.15) is 5.82 Å². The lowest BCUT2D eigenvalue weighted by Crippen LogP contribution is -2.43. The Hall–Kier alpha value is -1.66. The average molecular weight is 324 g/mol. The highest BCUT2D eigenvalue weighted by Crippen LogP contribution is 2.13. The molecular weight excluding hydrogens is 295 g/mol. The Labute approximate surface area is 138 Å². The monoisotopic (exact) mass is 324 g/mol. The first-order valence-electron chi connectivity index (χ1n) is 7.92. The van der Waals surface area contributed by atoms with Crippen LogP contribution in [0.2, 0.25) is 0 Å². The molecule has 0 fully saturated rings. The predicted octanol–water partition coefficient (Wildman–Crippen LogP) is 1.98. The van der Waals surface area contributed by atoms with Gasteiger partial charge in [-0.15, -0.1) is 0 Å². The van der Waals surface area contributed by atoms with E-state index in [1.54, 1.807) is 13.2 Å². The van der Waals surface area contributed by atoms with Crippen molar-refractivity contribution in [1.29, 1.82) is 0 Å². The fraction of sp³-hybridized carbons (Fsp3) is 0.588. The van der Waals surface area contributed by atoms with Gasteiger partial charge in [-0.25, -0.2) is 9.38 Å². The summed E-state index contributed by atoms with van der Waals surface area (Å²) in [5.74, 6) is 0.556. The van der Waals surface area contributed by atoms with E-state index in [1.165, 1.54) is 6.07 Å². The molecule has 0 aliphatic carbocycles. The Morgan fingerprint density at radius 3 is 2.74 bits per heavy atom. The summed E-state index contributed by atoms with van der Waals surface area (Å²) in [6.45, 7) is 6.51. The molecule has 0 aromatic heterocycles. The molecule has 0 saturated carbocycles. The molecule has 6 heteroatoms. The molecule has 130 valence electrons. The van der Waals surface area contributed by atoms with Gasteiger partial charge in [-0.1, -0.05) is 6.07 Å². The maximum atomic E-state index is 13.8. The zero-order valence-corrected chi connectivity index (χ0v) is 14.8. The zero-order chi connectivity index (χ0) is 17.2. The minimum Gasteiger partial charge on any atom is -0.383 e. The van der Waals surface area contributed by atoms with Gasteiger partial charge in [0.05, 0.1) is 13.2 Å². The van der Waals surface area contributed by atoms with Gasteiger partial charge in [-0.05, 0) is 45.6 Å². The predicted molar refractivity (Wildman–Crippen MR) is 93.1 cm³/mol. The van der Waals surface area contributed by atoms with Crippen molar-refractivity contribution in [1.82, 2.24) is 15.5 Å². The van der Waals surface area contributed by atoms with Crippen LogP contribution in [0.25, 0.3) is 0 Å². The molecule has 1 aromatic rings. The molecule has 23 heavy (non-hydrogen) atoms. The number of guanidine groups is 1. The molecule has 1 unspecified atom stereocenters. The summed E-state index contributed by atoms with van der Waals surface area (Å²) in [7, 11) is 5.52. The van der Waals surface area contributed by atoms with Crippen LogP contribution in [0.4, 0.5) is 4.39 Å². The standard InChI is InChI=1S/C17H29FN4O/c1-6-19-17(21-13(2)12-23-5)20-10-14-7-8-16(18)15(9-14)11-22(3)4/h7-9,13H,6,10-12H2,1-5H3,(H2,19,20,21). The fourth-order valence-electron chi connectivity index (χ4n) is 2.20. The minimum atomic E-state index is -0.176. The minimum absolute atomic E-state index is 0.162. The van der Waals surface area contributed by atoms with Gasteiger partial charge in [0, 0.05) is 31.8 Å². The Kier molecular flexibility index (Phi) is 8.58. The summed E-state index contributed by atoms with van der Waals surface area (Å²) in [5, 5.41) is 6.48. The maximum absolute atomic E-state index is 13.8. The first kappa shape index (κ1) is 19.4. The normalized spacial score (nSPS) is 13.3. The Morgan fingerprint density at radius 2 is 2.13 bits per heavy atom. The SMILES string of the molecule is CCNC(=NCc1ccc(F)c(CN(C)C)c1)NC(C)COC. The molecule has 0 radical (unpaired) electrons. The summed E-state index contributed by atoms with van der Waals surface area (Å²) in [6, 6.07) is 5.33. The zero-order valence-electron chi connectivity index (χ0n) is 14.8. The van der Waals surface area contributed by atoms with E-state index in [-0.39, 0.29) is 11.9 Å². The number of rotatable bonds is 8. The van der Waals surface area contributed by atoms with Crippen molar-refractivity contribution in [2.45, 2.75) is 33.0 Å². The molecule has 0 aliphatic heterocycles. The number of aliphatic imine (C=N–C) groups is 1. The molecule has 1 aromatic carbocycles. The van der Waals surface area contributed by atoms with Crippen molar-refractivity contribution in [2.75, 3.05) is 34.4 Å². The topological polar surface area (TPSA) is 48.9 Å². The Morgan fingerprint density at radius 1 is 1.39 bits per heavy atom. The van der Waals surface area contributed by atoms with E-state index in [1.807, 2.05) is 38.9 Å². The van der Waals surface area contributed by atoms with E-state index in [2.05, 4.69) is 15.6 Å². The third-order valence-electron chi connectivity index (χ3n) is 3.16. The highest BCUT2D eigenvalue weighted by Gasteiger charge is 2.07. The van der Waals surface area contributed by atoms with Crippen LogP contribution in [-0.4, -0.2) is 51.3 Å². The first-order chi connectivity index (χ1) is 11.0. The fourth-order valence-corrected chi connectivity index (χ4v) is 2.20. The van der Waals surface area contributed by atoms with E-state index in [0.717, 1.165) is 18.1 Å². The quantitative estimate of drug-likeness (QED) is 0.567. The number of halogens is 1. The van der Waals surface area contributed by atoms with Crippen LogP contribution in [0.3, 0.4) is 0 Å². The van der Waals surface area contributed by atoms with Gasteiger partial charge in [0.25, 0.3) is 0 Å². The van der Waals surface area contributed by atoms with Crippen LogP contribution < -0.4 is 10.6 Å². The van der Waals surface area contributed by atoms with E-state index >= 15 is 0 Å². The lowest BCUT2D eigenvalue weighted by atomic mass is 10.1. The van der Waals surface area contributed by atoms with Gasteiger partial charge in [-0.3, -0.25) is 0 Å². The third kappa shape index (κ3) is 7.43. The first-order valence-corrected chi connectivity index (χ1v) is 7.92. The number of hydrogen-bond donors (Lipinski definition) is 2. The number of benzene rings is 1. The summed E-state index contributed by atoms with van der Waals surface area (Å²) in [5.41, 5.74) is 1.67. The molecule has 1 rings (SSSR count). The van der Waals surface area contributed by atoms with E-state index in [9.17, 15) is 4.39 Å². The number of ether oxygens (including phenoxy) is 1. The Bertz CT molecular complexity index is 505. The van der Waals surface area contributed by atoms with Crippen LogP contribution in [0.15, 0.2) is 23.2 Å². The van der Waals surface area contributed by atoms with E-state index < -0.39 is 0 Å². The second-order valence-electron chi connectivity index (χ2n) is 5.86. The second-order valence-corrected chi connectivity index (χ2v) is 5.86. The lowest BCUT2D eigenvalue weighted by Gasteiger charge is -2.17. The molecule has 0 amide bonds. The summed E-state index contributed by atoms with van der Waals surface area (Å²) >= 11 is 0. The van der Waals surface area contributed by atoms with Crippen LogP contribution in [-0.2, 0) is 17.8 Å². The number of methoxy groups -OCH3 is 1. The molecule has 0 spiro atoms. The average Bonchev–Trinajstić information content (AvgIpc) is 2.47. The Balaban J connectivity index is 2.78. The van der Waals surface area contributed by atoms with E-state index in [0.29, 0.717) is 25.3 Å². The van der Waals surface area contributed by atoms with Gasteiger partial charge in [0.15, 0.2) is 5.96 Å². The third-order valence-corrected chi connectivity index (χ3v) is 3.16. The smallest absolute Gasteiger partial charge is 0.191 e. The molecule has 0 saturated heterocycles. The van der Waals surface area contributed by atoms with Gasteiger partial charge >= 0.3 is 0 Å². The molecule has 2 N–H and O–H groups in total. The molecule has 5 nitrogen and oxygen atoms in total.